The molecule has 1 fully saturated rings. The van der Waals surface area contributed by atoms with Crippen molar-refractivity contribution in [2.45, 2.75) is 31.2 Å². The summed E-state index contributed by atoms with van der Waals surface area (Å²) in [6.45, 7) is 4.15. The van der Waals surface area contributed by atoms with Crippen LogP contribution in [0.1, 0.15) is 31.2 Å². The van der Waals surface area contributed by atoms with Crippen molar-refractivity contribution in [2.75, 3.05) is 11.9 Å². The fourth-order valence-electron chi connectivity index (χ4n) is 3.31. The fourth-order valence-corrected chi connectivity index (χ4v) is 3.62. The zero-order valence-electron chi connectivity index (χ0n) is 14.2. The highest BCUT2D eigenvalue weighted by Gasteiger charge is 2.36. The first-order chi connectivity index (χ1) is 12.2. The Kier molecular flexibility index (Phi) is 5.66. The topological polar surface area (TPSA) is 46.2 Å². The summed E-state index contributed by atoms with van der Waals surface area (Å²) in [5.41, 5.74) is 1.97. The molecule has 0 bridgehead atoms. The number of rotatable bonds is 6. The first kappa shape index (κ1) is 17.4. The molecule has 0 aliphatic heterocycles. The lowest BCUT2D eigenvalue weighted by Gasteiger charge is -2.32. The summed E-state index contributed by atoms with van der Waals surface area (Å²) in [7, 11) is 0. The molecular weight excluding hydrogens is 330 g/mol. The molecule has 0 unspecified atom stereocenters. The molecular formula is C20H23N3OS. The number of thiocarbonyl (C=S) groups is 1. The van der Waals surface area contributed by atoms with E-state index in [2.05, 4.69) is 28.3 Å². The van der Waals surface area contributed by atoms with Gasteiger partial charge >= 0.3 is 0 Å². The Hall–Kier alpha value is -2.40. The Balaban J connectivity index is 1.70. The van der Waals surface area contributed by atoms with E-state index < -0.39 is 0 Å². The normalized spacial score (nSPS) is 15.4. The van der Waals surface area contributed by atoms with Crippen LogP contribution in [0, 0.1) is 0 Å². The van der Waals surface area contributed by atoms with Crippen LogP contribution in [0.3, 0.4) is 0 Å². The number of ether oxygens (including phenoxy) is 1. The highest BCUT2D eigenvalue weighted by atomic mass is 32.1. The summed E-state index contributed by atoms with van der Waals surface area (Å²) in [4.78, 5) is 4.28. The van der Waals surface area contributed by atoms with Crippen LogP contribution in [-0.2, 0) is 5.54 Å². The summed E-state index contributed by atoms with van der Waals surface area (Å²) in [5, 5.41) is 7.43. The molecule has 0 saturated heterocycles. The van der Waals surface area contributed by atoms with E-state index in [1.54, 1.807) is 12.3 Å². The molecule has 3 rings (SSSR count). The third-order valence-electron chi connectivity index (χ3n) is 4.48. The summed E-state index contributed by atoms with van der Waals surface area (Å²) in [6.07, 6.45) is 9.96. The van der Waals surface area contributed by atoms with Crippen LogP contribution in [0.25, 0.3) is 0 Å². The molecule has 25 heavy (non-hydrogen) atoms. The molecule has 5 heteroatoms. The van der Waals surface area contributed by atoms with Crippen LogP contribution in [0.5, 0.6) is 5.75 Å². The second-order valence-electron chi connectivity index (χ2n) is 6.24. The Labute approximate surface area is 154 Å². The number of nitrogens with zero attached hydrogens (tertiary/aromatic N) is 1. The van der Waals surface area contributed by atoms with Crippen LogP contribution in [0.15, 0.2) is 61.4 Å². The lowest BCUT2D eigenvalue weighted by atomic mass is 9.89. The van der Waals surface area contributed by atoms with E-state index in [4.69, 9.17) is 17.0 Å². The maximum atomic E-state index is 5.58. The van der Waals surface area contributed by atoms with E-state index in [0.717, 1.165) is 24.3 Å². The molecule has 1 heterocycles. The number of pyridine rings is 1. The molecule has 2 N–H and O–H groups in total. The van der Waals surface area contributed by atoms with E-state index in [0.29, 0.717) is 11.7 Å². The minimum absolute atomic E-state index is 0.130. The van der Waals surface area contributed by atoms with Gasteiger partial charge in [0.1, 0.15) is 12.4 Å². The van der Waals surface area contributed by atoms with E-state index >= 15 is 0 Å². The van der Waals surface area contributed by atoms with E-state index in [-0.39, 0.29) is 5.54 Å². The van der Waals surface area contributed by atoms with Crippen molar-refractivity contribution in [3.8, 4) is 5.75 Å². The van der Waals surface area contributed by atoms with Gasteiger partial charge < -0.3 is 15.4 Å². The first-order valence-electron chi connectivity index (χ1n) is 8.55. The van der Waals surface area contributed by atoms with Gasteiger partial charge in [0.05, 0.1) is 5.54 Å². The first-order valence-corrected chi connectivity index (χ1v) is 8.96. The second-order valence-corrected chi connectivity index (χ2v) is 6.65. The Morgan fingerprint density at radius 2 is 2.12 bits per heavy atom. The lowest BCUT2D eigenvalue weighted by molar-refractivity contribution is 0.363. The highest BCUT2D eigenvalue weighted by Crippen LogP contribution is 2.38. The van der Waals surface area contributed by atoms with Gasteiger partial charge in [0.15, 0.2) is 5.11 Å². The third kappa shape index (κ3) is 4.37. The van der Waals surface area contributed by atoms with Gasteiger partial charge in [-0.25, -0.2) is 0 Å². The van der Waals surface area contributed by atoms with Crippen LogP contribution < -0.4 is 15.4 Å². The second kappa shape index (κ2) is 8.12. The molecule has 1 aliphatic carbocycles. The molecule has 4 nitrogen and oxygen atoms in total. The van der Waals surface area contributed by atoms with Gasteiger partial charge in [0, 0.05) is 24.1 Å². The van der Waals surface area contributed by atoms with Gasteiger partial charge in [-0.1, -0.05) is 37.6 Å². The smallest absolute Gasteiger partial charge is 0.171 e. The van der Waals surface area contributed by atoms with Gasteiger partial charge in [-0.15, -0.1) is 0 Å². The summed E-state index contributed by atoms with van der Waals surface area (Å²) in [6, 6.07) is 11.9. The fraction of sp³-hybridized carbons (Fsp3) is 0.300. The van der Waals surface area contributed by atoms with Gasteiger partial charge in [0.25, 0.3) is 0 Å². The minimum Gasteiger partial charge on any atom is -0.489 e. The summed E-state index contributed by atoms with van der Waals surface area (Å²) in [5.74, 6) is 0.788. The molecule has 0 radical (unpaired) electrons. The predicted molar refractivity (Wildman–Crippen MR) is 106 cm³/mol. The van der Waals surface area contributed by atoms with Crippen molar-refractivity contribution in [2.24, 2.45) is 0 Å². The monoisotopic (exact) mass is 353 g/mol. The molecule has 1 aromatic carbocycles. The van der Waals surface area contributed by atoms with Crippen molar-refractivity contribution in [3.05, 3.63) is 67.0 Å². The number of nitrogens with one attached hydrogen (secondary N) is 2. The molecule has 2 aromatic rings. The molecule has 1 saturated carbocycles. The maximum absolute atomic E-state index is 5.58. The number of hydrogen-bond acceptors (Lipinski definition) is 3. The van der Waals surface area contributed by atoms with Crippen LogP contribution in [0.2, 0.25) is 0 Å². The van der Waals surface area contributed by atoms with Crippen molar-refractivity contribution in [1.82, 2.24) is 10.3 Å². The minimum atomic E-state index is -0.130. The predicted octanol–water partition coefficient (Wildman–Crippen LogP) is 4.40. The number of hydrogen-bond donors (Lipinski definition) is 2. The zero-order chi connectivity index (χ0) is 17.5. The molecule has 0 amide bonds. The Bertz CT molecular complexity index is 727. The standard InChI is InChI=1S/C20H23N3OS/c1-2-13-24-18-9-5-8-17(14-18)22-19(25)23-20(10-3-4-11-20)16-7-6-12-21-15-16/h2,5-9,12,14-15H,1,3-4,10-11,13H2,(H2,22,23,25). The molecule has 130 valence electrons. The van der Waals surface area contributed by atoms with Crippen molar-refractivity contribution in [3.63, 3.8) is 0 Å². The van der Waals surface area contributed by atoms with Gasteiger partial charge in [-0.3, -0.25) is 4.98 Å². The molecule has 0 spiro atoms. The number of benzene rings is 1. The highest BCUT2D eigenvalue weighted by molar-refractivity contribution is 7.80. The van der Waals surface area contributed by atoms with Crippen molar-refractivity contribution in [1.29, 1.82) is 0 Å². The van der Waals surface area contributed by atoms with Crippen LogP contribution in [-0.4, -0.2) is 16.7 Å². The van der Waals surface area contributed by atoms with Crippen LogP contribution >= 0.6 is 12.2 Å². The van der Waals surface area contributed by atoms with Crippen molar-refractivity contribution < 1.29 is 4.74 Å². The lowest BCUT2D eigenvalue weighted by Crippen LogP contribution is -2.45. The van der Waals surface area contributed by atoms with Gasteiger partial charge in [-0.05, 0) is 48.8 Å². The largest absolute Gasteiger partial charge is 0.489 e. The van der Waals surface area contributed by atoms with E-state index in [1.165, 1.54) is 18.4 Å². The quantitative estimate of drug-likeness (QED) is 0.595. The number of aromatic nitrogens is 1. The Morgan fingerprint density at radius 3 is 2.84 bits per heavy atom. The SMILES string of the molecule is C=CCOc1cccc(NC(=S)NC2(c3cccnc3)CCCC2)c1. The third-order valence-corrected chi connectivity index (χ3v) is 4.69. The summed E-state index contributed by atoms with van der Waals surface area (Å²) >= 11 is 5.58. The van der Waals surface area contributed by atoms with Crippen LogP contribution in [0.4, 0.5) is 5.69 Å². The average molecular weight is 353 g/mol. The molecule has 1 aliphatic rings. The average Bonchev–Trinajstić information content (AvgIpc) is 3.10. The van der Waals surface area contributed by atoms with Crippen molar-refractivity contribution >= 4 is 23.0 Å². The maximum Gasteiger partial charge on any atom is 0.171 e. The number of anilines is 1. The zero-order valence-corrected chi connectivity index (χ0v) is 15.0. The summed E-state index contributed by atoms with van der Waals surface area (Å²) < 4.78 is 5.57. The molecule has 1 aromatic heterocycles. The van der Waals surface area contributed by atoms with Gasteiger partial charge in [-0.2, -0.15) is 0 Å². The Morgan fingerprint density at radius 1 is 1.28 bits per heavy atom. The molecule has 0 atom stereocenters. The van der Waals surface area contributed by atoms with E-state index in [1.807, 2.05) is 36.5 Å². The van der Waals surface area contributed by atoms with Gasteiger partial charge in [0.2, 0.25) is 0 Å². The van der Waals surface area contributed by atoms with E-state index in [9.17, 15) is 0 Å².